The van der Waals surface area contributed by atoms with Crippen molar-refractivity contribution < 1.29 is 133 Å². The van der Waals surface area contributed by atoms with Crippen molar-refractivity contribution in [3.05, 3.63) is 65.7 Å². The molecule has 0 aliphatic carbocycles. The van der Waals surface area contributed by atoms with Gasteiger partial charge in [0.25, 0.3) is 0 Å². The molecule has 6 aliphatic heterocycles. The number of esters is 1. The average Bonchev–Trinajstić information content (AvgIpc) is 1.75. The lowest BCUT2D eigenvalue weighted by molar-refractivity contribution is -0.355. The summed E-state index contributed by atoms with van der Waals surface area (Å²) in [6.07, 6.45) is -28.9. The first-order chi connectivity index (χ1) is 47.0. The Morgan fingerprint density at radius 2 is 1.20 bits per heavy atom. The van der Waals surface area contributed by atoms with E-state index in [1.54, 1.807) is 75.4 Å². The number of rotatable bonds is 19. The molecule has 0 aromatic heterocycles. The van der Waals surface area contributed by atoms with Crippen LogP contribution in [0.1, 0.15) is 44.2 Å². The normalized spacial score (nSPS) is 35.3. The van der Waals surface area contributed by atoms with E-state index in [1.807, 2.05) is 0 Å². The third-order valence-corrected chi connectivity index (χ3v) is 17.3. The molecule has 2 aromatic carbocycles. The molecule has 10 unspecified atom stereocenters. The van der Waals surface area contributed by atoms with E-state index in [2.05, 4.69) is 47.2 Å². The highest BCUT2D eigenvalue weighted by Gasteiger charge is 2.54. The van der Waals surface area contributed by atoms with Gasteiger partial charge in [-0.3, -0.25) is 43.5 Å². The Kier molecular flexibility index (Phi) is 28.3. The van der Waals surface area contributed by atoms with Gasteiger partial charge in [-0.15, -0.1) is 0 Å². The second-order valence-corrected chi connectivity index (χ2v) is 24.7. The molecule has 25 N–H and O–H groups in total. The van der Waals surface area contributed by atoms with Crippen LogP contribution in [0.25, 0.3) is 0 Å². The fourth-order valence-electron chi connectivity index (χ4n) is 11.7. The predicted molar refractivity (Wildman–Crippen MR) is 335 cm³/mol. The smallest absolute Gasteiger partial charge is 0.306 e. The van der Waals surface area contributed by atoms with Gasteiger partial charge in [0.2, 0.25) is 35.4 Å². The number of nitrogens with two attached hydrogens (primary N) is 2. The fourth-order valence-corrected chi connectivity index (χ4v) is 11.7. The van der Waals surface area contributed by atoms with E-state index in [-0.39, 0.29) is 31.3 Å². The van der Waals surface area contributed by atoms with Gasteiger partial charge in [0.05, 0.1) is 65.3 Å². The van der Waals surface area contributed by atoms with Crippen molar-refractivity contribution in [2.24, 2.45) is 27.4 Å². The maximum atomic E-state index is 14.7. The van der Waals surface area contributed by atoms with Crippen LogP contribution in [0.2, 0.25) is 0 Å². The third-order valence-electron chi connectivity index (χ3n) is 17.3. The summed E-state index contributed by atoms with van der Waals surface area (Å²) in [7, 11) is 1.45. The molecular weight excluding hydrogens is 1320 g/mol. The van der Waals surface area contributed by atoms with Crippen LogP contribution in [0.4, 0.5) is 0 Å². The summed E-state index contributed by atoms with van der Waals surface area (Å²) in [5.74, 6) is -8.21. The number of carbonyl (C=O) groups excluding carboxylic acids is 7. The molecule has 99 heavy (non-hydrogen) atoms. The first-order valence-electron chi connectivity index (χ1n) is 31.6. The lowest BCUT2D eigenvalue weighted by atomic mass is 9.92. The minimum Gasteiger partial charge on any atom is -0.497 e. The largest absolute Gasteiger partial charge is 0.497 e. The maximum Gasteiger partial charge on any atom is 0.306 e. The van der Waals surface area contributed by atoms with Crippen molar-refractivity contribution in [2.75, 3.05) is 53.2 Å². The number of nitrogens with zero attached hydrogens (tertiary/aromatic N) is 3. The van der Waals surface area contributed by atoms with Crippen LogP contribution in [-0.2, 0) is 63.7 Å². The lowest BCUT2D eigenvalue weighted by Crippen LogP contribution is -2.70. The summed E-state index contributed by atoms with van der Waals surface area (Å²) < 4.78 is 31.8. The zero-order chi connectivity index (χ0) is 72.9. The Bertz CT molecular complexity index is 3110. The fraction of sp³-hybridized carbons (Fsp3) is 0.650. The van der Waals surface area contributed by atoms with Gasteiger partial charge in [-0.25, -0.2) is 0 Å². The van der Waals surface area contributed by atoms with Gasteiger partial charge >= 0.3 is 5.97 Å². The Balaban J connectivity index is 0.000000396. The molecule has 6 aliphatic rings. The average molecular weight is 1410 g/mol. The third kappa shape index (κ3) is 19.3. The molecule has 4 fully saturated rings. The number of hydrogen-bond donors (Lipinski definition) is 23. The molecule has 0 spiro atoms. The number of aliphatic hydroxyl groups excluding tert-OH is 14. The number of ether oxygens (including phenoxy) is 6. The number of aliphatic hydroxyl groups is 14. The summed E-state index contributed by atoms with van der Waals surface area (Å²) in [4.78, 5) is 106. The van der Waals surface area contributed by atoms with Crippen molar-refractivity contribution >= 4 is 53.3 Å². The van der Waals surface area contributed by atoms with Gasteiger partial charge in [0.1, 0.15) is 115 Å². The highest BCUT2D eigenvalue weighted by molar-refractivity contribution is 5.98. The Labute approximate surface area is 565 Å². The second kappa shape index (κ2) is 35.6. The Hall–Kier alpha value is -7.65. The quantitative estimate of drug-likeness (QED) is 0.0581. The van der Waals surface area contributed by atoms with Crippen LogP contribution in [0, 0.1) is 5.92 Å². The van der Waals surface area contributed by atoms with Crippen LogP contribution in [0.3, 0.4) is 0 Å². The molecule has 6 amide bonds. The van der Waals surface area contributed by atoms with Crippen LogP contribution in [-0.4, -0.2) is 329 Å². The zero-order valence-corrected chi connectivity index (χ0v) is 54.1. The molecule has 6 heterocycles. The molecule has 552 valence electrons. The van der Waals surface area contributed by atoms with Crippen molar-refractivity contribution in [1.82, 2.24) is 42.1 Å². The van der Waals surface area contributed by atoms with E-state index in [9.17, 15) is 105 Å². The van der Waals surface area contributed by atoms with Gasteiger partial charge in [0, 0.05) is 18.8 Å². The molecule has 4 saturated heterocycles. The molecular formula is C60H90N12O27. The van der Waals surface area contributed by atoms with Gasteiger partial charge in [-0.05, 0) is 29.2 Å². The van der Waals surface area contributed by atoms with E-state index < -0.39 is 239 Å². The van der Waals surface area contributed by atoms with Crippen LogP contribution < -0.4 is 53.4 Å². The van der Waals surface area contributed by atoms with Crippen molar-refractivity contribution in [2.45, 2.75) is 186 Å². The van der Waals surface area contributed by atoms with Crippen LogP contribution >= 0.6 is 0 Å². The maximum absolute atomic E-state index is 14.7. The number of aliphatic imine (C=N–C) groups is 2. The van der Waals surface area contributed by atoms with Crippen LogP contribution in [0.5, 0.6) is 5.75 Å². The van der Waals surface area contributed by atoms with E-state index in [4.69, 9.17) is 39.9 Å². The van der Waals surface area contributed by atoms with E-state index in [1.165, 1.54) is 7.11 Å². The number of benzene rings is 2. The topological polar surface area (TPSA) is 622 Å². The van der Waals surface area contributed by atoms with Gasteiger partial charge in [0.15, 0.2) is 36.8 Å². The number of guanidine groups is 2. The van der Waals surface area contributed by atoms with Crippen molar-refractivity contribution in [1.29, 1.82) is 0 Å². The van der Waals surface area contributed by atoms with E-state index in [0.717, 1.165) is 4.90 Å². The lowest BCUT2D eigenvalue weighted by Gasteiger charge is -2.46. The highest BCUT2D eigenvalue weighted by Crippen LogP contribution is 2.32. The van der Waals surface area contributed by atoms with Gasteiger partial charge < -0.3 is 153 Å². The first-order valence-corrected chi connectivity index (χ1v) is 31.6. The summed E-state index contributed by atoms with van der Waals surface area (Å²) in [6.45, 7) is 0.372. The van der Waals surface area contributed by atoms with Crippen molar-refractivity contribution in [3.8, 4) is 5.75 Å². The molecule has 8 rings (SSSR count). The number of carbonyl (C=O) groups is 7. The van der Waals surface area contributed by atoms with E-state index in [0.29, 0.717) is 16.9 Å². The van der Waals surface area contributed by atoms with E-state index >= 15 is 0 Å². The molecule has 0 bridgehead atoms. The molecule has 39 heteroatoms. The SMILES string of the molecule is CC(C)CC(=O)O[C@H]1[C@H](O)[C@H](O)[C@@H](O[C@H]2[C@H](O)[C@H](O)[C@@H](O)O[C@@H]2CO)O[C@@H]1CO.COc1ccc(CC2NC(=O)C(C(C)c3ccccc3)NC(=O)CNC(=O)C(CO)NC(=O)C(C(O)C3CN=C(N)N3[C@H]3O[C@H](CO)[C@@H](O)[C@H](O)[C@@H]3O)NC(=O)C(C(O)C3CN=C(N)N3)NC2=O)cc1. The Morgan fingerprint density at radius 3 is 1.81 bits per heavy atom. The van der Waals surface area contributed by atoms with Crippen LogP contribution in [0.15, 0.2) is 64.6 Å². The number of amides is 6. The highest BCUT2D eigenvalue weighted by atomic mass is 16.7. The number of nitrogens with one attached hydrogen (secondary N) is 7. The molecule has 0 saturated carbocycles. The molecule has 39 nitrogen and oxygen atoms in total. The van der Waals surface area contributed by atoms with Crippen molar-refractivity contribution in [3.63, 3.8) is 0 Å². The summed E-state index contributed by atoms with van der Waals surface area (Å²) in [5, 5.41) is 163. The minimum atomic E-state index is -2.24. The standard InChI is InChI=1S/C43H60N12O15.C17H30O12/c1-18(20-6-4-3-5-7-20)28-38(66)49-22(12-19-8-10-21(69-2)11-9-19)37(65)53-29(31(59)23-13-47-42(44)51-23)40(68)54-30(39(67)50-24(16-56)36(64)46-15-27(58)52-28)32(60)25-14-48-43(45)55(25)41-35(63)34(62)33(61)26(17-57)70-41;1-6(2)3-9(20)28-14-8(5-19)27-17(13(24)11(14)22)29-15-7(4-18)26-16(25)12(23)10(15)21/h3-11,18,22-26,28-35,41,56-57,59-63H,12-17H2,1-2H3,(H2,45,48)(H,46,64)(H,49,66)(H,50,67)(H,52,58)(H,53,65)(H,54,68)(H3,44,47,51);6-8,10-19,21-25H,3-5H2,1-2H3/t18?,22?,23?,24?,25?,26-,28?,29?,30?,31?,32?,33-,34+,35+,41+;7-,8-,10-,11-,12+,13+,14-,15-,16+,17-/m11/s1. The molecule has 0 radical (unpaired) electrons. The monoisotopic (exact) mass is 1410 g/mol. The summed E-state index contributed by atoms with van der Waals surface area (Å²) in [6, 6.07) is 3.11. The number of hydrogen-bond acceptors (Lipinski definition) is 33. The predicted octanol–water partition coefficient (Wildman–Crippen LogP) is -12.4. The van der Waals surface area contributed by atoms with Gasteiger partial charge in [-0.2, -0.15) is 0 Å². The molecule has 25 atom stereocenters. The minimum absolute atomic E-state index is 0.0114. The molecule has 2 aromatic rings. The second-order valence-electron chi connectivity index (χ2n) is 24.7. The summed E-state index contributed by atoms with van der Waals surface area (Å²) >= 11 is 0. The first kappa shape index (κ1) is 78.7. The Morgan fingerprint density at radius 1 is 0.606 bits per heavy atom. The van der Waals surface area contributed by atoms with Gasteiger partial charge in [-0.1, -0.05) is 63.2 Å². The zero-order valence-electron chi connectivity index (χ0n) is 54.1. The summed E-state index contributed by atoms with van der Waals surface area (Å²) in [5.41, 5.74) is 13.1. The number of methoxy groups -OCH3 is 1.